The number of nitrogens with zero attached hydrogens (tertiary/aromatic N) is 3. The van der Waals surface area contributed by atoms with Gasteiger partial charge < -0.3 is 0 Å². The van der Waals surface area contributed by atoms with Crippen molar-refractivity contribution in [3.8, 4) is 17.3 Å². The van der Waals surface area contributed by atoms with Gasteiger partial charge in [0, 0.05) is 11.3 Å². The van der Waals surface area contributed by atoms with E-state index in [1.807, 2.05) is 6.92 Å². The number of hydrogen-bond acceptors (Lipinski definition) is 3. The van der Waals surface area contributed by atoms with Crippen molar-refractivity contribution in [2.45, 2.75) is 38.8 Å². The molecular weight excluding hydrogens is 355 g/mol. The Labute approximate surface area is 154 Å². The predicted octanol–water partition coefficient (Wildman–Crippen LogP) is 4.82. The second kappa shape index (κ2) is 7.39. The Morgan fingerprint density at radius 1 is 1.22 bits per heavy atom. The molecule has 3 rings (SSSR count). The Bertz CT molecular complexity index is 969. The zero-order valence-corrected chi connectivity index (χ0v) is 14.8. The SMILES string of the molecule is CC1CCCCC1=Nn1c(-c2ccccc2)cc(C(F)(F)F)c(C#N)c1=O. The molecule has 0 bridgehead atoms. The summed E-state index contributed by atoms with van der Waals surface area (Å²) < 4.78 is 41.2. The topological polar surface area (TPSA) is 58.1 Å². The molecule has 1 saturated carbocycles. The van der Waals surface area contributed by atoms with Crippen molar-refractivity contribution >= 4 is 5.71 Å². The summed E-state index contributed by atoms with van der Waals surface area (Å²) in [5.41, 5.74) is -1.99. The predicted molar refractivity (Wildman–Crippen MR) is 96.3 cm³/mol. The second-order valence-corrected chi connectivity index (χ2v) is 6.65. The maximum atomic E-state index is 13.4. The molecule has 0 aliphatic heterocycles. The van der Waals surface area contributed by atoms with Crippen molar-refractivity contribution in [2.75, 3.05) is 0 Å². The molecule has 0 radical (unpaired) electrons. The molecule has 1 atom stereocenters. The summed E-state index contributed by atoms with van der Waals surface area (Å²) in [5, 5.41) is 13.6. The highest BCUT2D eigenvalue weighted by molar-refractivity contribution is 5.87. The largest absolute Gasteiger partial charge is 0.417 e. The molecule has 0 N–H and O–H groups in total. The summed E-state index contributed by atoms with van der Waals surface area (Å²) in [4.78, 5) is 12.8. The smallest absolute Gasteiger partial charge is 0.266 e. The highest BCUT2D eigenvalue weighted by atomic mass is 19.4. The first kappa shape index (κ1) is 18.9. The summed E-state index contributed by atoms with van der Waals surface area (Å²) in [6, 6.07) is 10.6. The number of pyridine rings is 1. The standard InChI is InChI=1S/C20H18F3N3O/c1-13-7-5-6-10-17(13)25-26-18(14-8-3-2-4-9-14)11-16(20(21,22)23)15(12-24)19(26)27/h2-4,8-9,11,13H,5-7,10H2,1H3. The first-order chi connectivity index (χ1) is 12.8. The Morgan fingerprint density at radius 3 is 2.52 bits per heavy atom. The molecule has 1 aromatic heterocycles. The van der Waals surface area contributed by atoms with Crippen molar-refractivity contribution in [3.63, 3.8) is 0 Å². The van der Waals surface area contributed by atoms with Crippen molar-refractivity contribution in [3.05, 3.63) is 57.9 Å². The lowest BCUT2D eigenvalue weighted by molar-refractivity contribution is -0.137. The van der Waals surface area contributed by atoms with Gasteiger partial charge in [-0.3, -0.25) is 4.79 Å². The molecule has 1 aliphatic rings. The molecular formula is C20H18F3N3O. The Balaban J connectivity index is 2.33. The molecule has 0 amide bonds. The van der Waals surface area contributed by atoms with E-state index in [-0.39, 0.29) is 11.6 Å². The minimum atomic E-state index is -4.81. The average molecular weight is 373 g/mol. The van der Waals surface area contributed by atoms with Crippen LogP contribution in [0.2, 0.25) is 0 Å². The van der Waals surface area contributed by atoms with Gasteiger partial charge in [-0.15, -0.1) is 0 Å². The van der Waals surface area contributed by atoms with Crippen molar-refractivity contribution in [2.24, 2.45) is 11.0 Å². The Hall–Kier alpha value is -2.88. The normalized spacial score (nSPS) is 19.1. The van der Waals surface area contributed by atoms with Crippen LogP contribution < -0.4 is 5.56 Å². The average Bonchev–Trinajstić information content (AvgIpc) is 2.64. The number of rotatable bonds is 2. The third kappa shape index (κ3) is 3.80. The molecule has 140 valence electrons. The number of alkyl halides is 3. The third-order valence-electron chi connectivity index (χ3n) is 4.79. The van der Waals surface area contributed by atoms with Gasteiger partial charge in [0.25, 0.3) is 5.56 Å². The first-order valence-electron chi connectivity index (χ1n) is 8.73. The van der Waals surface area contributed by atoms with Crippen LogP contribution in [0, 0.1) is 17.2 Å². The summed E-state index contributed by atoms with van der Waals surface area (Å²) >= 11 is 0. The zero-order valence-electron chi connectivity index (χ0n) is 14.8. The molecule has 1 aliphatic carbocycles. The van der Waals surface area contributed by atoms with Crippen LogP contribution in [0.3, 0.4) is 0 Å². The van der Waals surface area contributed by atoms with E-state index in [0.29, 0.717) is 12.0 Å². The Kier molecular flexibility index (Phi) is 5.17. The molecule has 4 nitrogen and oxygen atoms in total. The fourth-order valence-corrected chi connectivity index (χ4v) is 3.29. The van der Waals surface area contributed by atoms with Crippen LogP contribution >= 0.6 is 0 Å². The van der Waals surface area contributed by atoms with E-state index in [4.69, 9.17) is 0 Å². The van der Waals surface area contributed by atoms with E-state index in [0.717, 1.165) is 35.7 Å². The van der Waals surface area contributed by atoms with Crippen molar-refractivity contribution in [1.29, 1.82) is 5.26 Å². The van der Waals surface area contributed by atoms with Gasteiger partial charge in [0.05, 0.1) is 11.3 Å². The van der Waals surface area contributed by atoms with Gasteiger partial charge in [-0.05, 0) is 31.2 Å². The molecule has 7 heteroatoms. The highest BCUT2D eigenvalue weighted by Gasteiger charge is 2.36. The van der Waals surface area contributed by atoms with Gasteiger partial charge in [-0.25, -0.2) is 0 Å². The van der Waals surface area contributed by atoms with Crippen LogP contribution in [0.5, 0.6) is 0 Å². The minimum Gasteiger partial charge on any atom is -0.266 e. The van der Waals surface area contributed by atoms with Crippen LogP contribution in [0.15, 0.2) is 46.3 Å². The monoisotopic (exact) mass is 373 g/mol. The van der Waals surface area contributed by atoms with Crippen molar-refractivity contribution in [1.82, 2.24) is 4.68 Å². The van der Waals surface area contributed by atoms with Gasteiger partial charge in [-0.1, -0.05) is 43.7 Å². The fourth-order valence-electron chi connectivity index (χ4n) is 3.29. The van der Waals surface area contributed by atoms with Gasteiger partial charge in [0.1, 0.15) is 11.6 Å². The molecule has 1 unspecified atom stereocenters. The zero-order chi connectivity index (χ0) is 19.6. The van der Waals surface area contributed by atoms with E-state index < -0.39 is 22.9 Å². The molecule has 1 fully saturated rings. The molecule has 1 heterocycles. The van der Waals surface area contributed by atoms with Crippen LogP contribution in [0.1, 0.15) is 43.7 Å². The van der Waals surface area contributed by atoms with Crippen LogP contribution in [0.4, 0.5) is 13.2 Å². The molecule has 0 spiro atoms. The van der Waals surface area contributed by atoms with E-state index in [1.165, 1.54) is 6.07 Å². The minimum absolute atomic E-state index is 0.0252. The van der Waals surface area contributed by atoms with Gasteiger partial charge >= 0.3 is 6.18 Å². The lowest BCUT2D eigenvalue weighted by atomic mass is 9.89. The van der Waals surface area contributed by atoms with Gasteiger partial charge in [0.15, 0.2) is 0 Å². The molecule has 0 saturated heterocycles. The number of nitriles is 1. The maximum absolute atomic E-state index is 13.4. The maximum Gasteiger partial charge on any atom is 0.417 e. The lowest BCUT2D eigenvalue weighted by Crippen LogP contribution is -2.28. The summed E-state index contributed by atoms with van der Waals surface area (Å²) in [5.74, 6) is 0.141. The van der Waals surface area contributed by atoms with Gasteiger partial charge in [-0.2, -0.15) is 28.2 Å². The van der Waals surface area contributed by atoms with E-state index >= 15 is 0 Å². The lowest BCUT2D eigenvalue weighted by Gasteiger charge is -2.21. The van der Waals surface area contributed by atoms with E-state index in [9.17, 15) is 23.2 Å². The van der Waals surface area contributed by atoms with Crippen LogP contribution in [0.25, 0.3) is 11.3 Å². The first-order valence-corrected chi connectivity index (χ1v) is 8.73. The van der Waals surface area contributed by atoms with Crippen LogP contribution in [-0.2, 0) is 6.18 Å². The summed E-state index contributed by atoms with van der Waals surface area (Å²) in [6.07, 6.45) is -1.23. The van der Waals surface area contributed by atoms with E-state index in [2.05, 4.69) is 5.10 Å². The number of benzene rings is 1. The second-order valence-electron chi connectivity index (χ2n) is 6.65. The highest BCUT2D eigenvalue weighted by Crippen LogP contribution is 2.33. The van der Waals surface area contributed by atoms with E-state index in [1.54, 1.807) is 30.3 Å². The quantitative estimate of drug-likeness (QED) is 0.758. The van der Waals surface area contributed by atoms with Crippen molar-refractivity contribution < 1.29 is 13.2 Å². The summed E-state index contributed by atoms with van der Waals surface area (Å²) in [7, 11) is 0. The third-order valence-corrected chi connectivity index (χ3v) is 4.79. The molecule has 2 aromatic rings. The number of aromatic nitrogens is 1. The number of halogens is 3. The van der Waals surface area contributed by atoms with Gasteiger partial charge in [0.2, 0.25) is 0 Å². The molecule has 1 aromatic carbocycles. The number of hydrogen-bond donors (Lipinski definition) is 0. The summed E-state index contributed by atoms with van der Waals surface area (Å²) in [6.45, 7) is 1.99. The fraction of sp³-hybridized carbons (Fsp3) is 0.350. The van der Waals surface area contributed by atoms with Crippen LogP contribution in [-0.4, -0.2) is 10.4 Å². The molecule has 27 heavy (non-hydrogen) atoms. The Morgan fingerprint density at radius 2 is 1.93 bits per heavy atom.